The Bertz CT molecular complexity index is 277. The maximum atomic E-state index is 11.7. The number of carboxylic acids is 1. The maximum absolute atomic E-state index is 11.7. The summed E-state index contributed by atoms with van der Waals surface area (Å²) in [5.74, 6) is -0.0739. The lowest BCUT2D eigenvalue weighted by Crippen LogP contribution is -2.43. The summed E-state index contributed by atoms with van der Waals surface area (Å²) in [6.07, 6.45) is 9.96. The average Bonchev–Trinajstić information content (AvgIpc) is 2.29. The van der Waals surface area contributed by atoms with Gasteiger partial charge in [0.25, 0.3) is 0 Å². The third-order valence-corrected chi connectivity index (χ3v) is 5.29. The van der Waals surface area contributed by atoms with E-state index in [1.165, 1.54) is 19.3 Å². The standard InChI is InChI=1S/C15H26O2/c1-14(2)10-6-12(7-11-14)15(13(16)17)8-4-3-5-9-15/h12H,3-11H2,1-2H3,(H,16,17). The molecule has 98 valence electrons. The van der Waals surface area contributed by atoms with E-state index in [1.807, 2.05) is 0 Å². The molecule has 0 radical (unpaired) electrons. The number of carboxylic acid groups (broad SMARTS) is 1. The Morgan fingerprint density at radius 1 is 1.00 bits per heavy atom. The van der Waals surface area contributed by atoms with Gasteiger partial charge in [0.1, 0.15) is 0 Å². The third-order valence-electron chi connectivity index (χ3n) is 5.29. The minimum Gasteiger partial charge on any atom is -0.481 e. The van der Waals surface area contributed by atoms with E-state index >= 15 is 0 Å². The van der Waals surface area contributed by atoms with Gasteiger partial charge >= 0.3 is 5.97 Å². The lowest BCUT2D eigenvalue weighted by Gasteiger charge is -2.45. The van der Waals surface area contributed by atoms with Crippen LogP contribution in [0.25, 0.3) is 0 Å². The normalized spacial score (nSPS) is 28.8. The van der Waals surface area contributed by atoms with Crippen molar-refractivity contribution in [1.29, 1.82) is 0 Å². The van der Waals surface area contributed by atoms with E-state index in [2.05, 4.69) is 13.8 Å². The molecule has 0 aromatic rings. The molecule has 17 heavy (non-hydrogen) atoms. The number of hydrogen-bond acceptors (Lipinski definition) is 1. The second-order valence-electron chi connectivity index (χ2n) is 6.96. The zero-order valence-corrected chi connectivity index (χ0v) is 11.3. The molecule has 2 rings (SSSR count). The van der Waals surface area contributed by atoms with E-state index < -0.39 is 5.97 Å². The molecule has 0 aromatic carbocycles. The molecule has 0 unspecified atom stereocenters. The van der Waals surface area contributed by atoms with Crippen molar-refractivity contribution in [2.75, 3.05) is 0 Å². The van der Waals surface area contributed by atoms with Gasteiger partial charge < -0.3 is 5.11 Å². The largest absolute Gasteiger partial charge is 0.481 e. The van der Waals surface area contributed by atoms with Crippen LogP contribution in [0.2, 0.25) is 0 Å². The summed E-state index contributed by atoms with van der Waals surface area (Å²) in [5, 5.41) is 9.67. The van der Waals surface area contributed by atoms with Gasteiger partial charge in [0, 0.05) is 0 Å². The summed E-state index contributed by atoms with van der Waals surface area (Å²) in [5.41, 5.74) is 0.0691. The summed E-state index contributed by atoms with van der Waals surface area (Å²) in [7, 11) is 0. The Kier molecular flexibility index (Phi) is 3.51. The van der Waals surface area contributed by atoms with Crippen LogP contribution in [0.3, 0.4) is 0 Å². The zero-order chi connectivity index (χ0) is 12.5. The topological polar surface area (TPSA) is 37.3 Å². The van der Waals surface area contributed by atoms with E-state index in [9.17, 15) is 9.90 Å². The first-order chi connectivity index (χ1) is 7.96. The zero-order valence-electron chi connectivity index (χ0n) is 11.3. The molecule has 0 bridgehead atoms. The predicted molar refractivity (Wildman–Crippen MR) is 68.9 cm³/mol. The molecule has 2 nitrogen and oxygen atoms in total. The van der Waals surface area contributed by atoms with Gasteiger partial charge in [-0.2, -0.15) is 0 Å². The van der Waals surface area contributed by atoms with Gasteiger partial charge in [-0.05, 0) is 49.9 Å². The fourth-order valence-electron chi connectivity index (χ4n) is 3.93. The fourth-order valence-corrected chi connectivity index (χ4v) is 3.93. The van der Waals surface area contributed by atoms with Gasteiger partial charge in [0.15, 0.2) is 0 Å². The Labute approximate surface area is 105 Å². The van der Waals surface area contributed by atoms with Crippen LogP contribution in [0, 0.1) is 16.7 Å². The molecule has 0 atom stereocenters. The first kappa shape index (κ1) is 12.9. The maximum Gasteiger partial charge on any atom is 0.309 e. The van der Waals surface area contributed by atoms with Crippen LogP contribution >= 0.6 is 0 Å². The quantitative estimate of drug-likeness (QED) is 0.781. The molecule has 1 N–H and O–H groups in total. The van der Waals surface area contributed by atoms with Crippen molar-refractivity contribution in [1.82, 2.24) is 0 Å². The van der Waals surface area contributed by atoms with Crippen molar-refractivity contribution in [3.63, 3.8) is 0 Å². The molecule has 2 saturated carbocycles. The van der Waals surface area contributed by atoms with Crippen LogP contribution in [-0.4, -0.2) is 11.1 Å². The monoisotopic (exact) mass is 238 g/mol. The third kappa shape index (κ3) is 2.51. The van der Waals surface area contributed by atoms with Crippen molar-refractivity contribution in [3.05, 3.63) is 0 Å². The lowest BCUT2D eigenvalue weighted by molar-refractivity contribution is -0.157. The molecule has 2 heteroatoms. The van der Waals surface area contributed by atoms with Gasteiger partial charge in [-0.25, -0.2) is 0 Å². The molecule has 0 spiro atoms. The van der Waals surface area contributed by atoms with E-state index in [0.717, 1.165) is 38.5 Å². The summed E-state index contributed by atoms with van der Waals surface area (Å²) >= 11 is 0. The van der Waals surface area contributed by atoms with Crippen LogP contribution in [0.15, 0.2) is 0 Å². The summed E-state index contributed by atoms with van der Waals surface area (Å²) < 4.78 is 0. The van der Waals surface area contributed by atoms with Crippen LogP contribution < -0.4 is 0 Å². The van der Waals surface area contributed by atoms with Gasteiger partial charge in [0.05, 0.1) is 5.41 Å². The Hall–Kier alpha value is -0.530. The van der Waals surface area contributed by atoms with Crippen molar-refractivity contribution in [3.8, 4) is 0 Å². The summed E-state index contributed by atoms with van der Waals surface area (Å²) in [4.78, 5) is 11.7. The second kappa shape index (κ2) is 4.62. The van der Waals surface area contributed by atoms with Crippen molar-refractivity contribution in [2.24, 2.45) is 16.7 Å². The number of rotatable bonds is 2. The van der Waals surface area contributed by atoms with Crippen LogP contribution in [-0.2, 0) is 4.79 Å². The molecule has 2 aliphatic carbocycles. The van der Waals surface area contributed by atoms with E-state index in [1.54, 1.807) is 0 Å². The van der Waals surface area contributed by atoms with Crippen LogP contribution in [0.1, 0.15) is 71.6 Å². The Morgan fingerprint density at radius 2 is 1.53 bits per heavy atom. The van der Waals surface area contributed by atoms with E-state index in [-0.39, 0.29) is 5.41 Å². The molecule has 0 heterocycles. The molecule has 0 amide bonds. The fraction of sp³-hybridized carbons (Fsp3) is 0.933. The SMILES string of the molecule is CC1(C)CCC(C2(C(=O)O)CCCCC2)CC1. The Balaban J connectivity index is 2.10. The first-order valence-electron chi connectivity index (χ1n) is 7.20. The average molecular weight is 238 g/mol. The molecule has 0 aliphatic heterocycles. The lowest BCUT2D eigenvalue weighted by atomic mass is 9.59. The Morgan fingerprint density at radius 3 is 2.00 bits per heavy atom. The highest BCUT2D eigenvalue weighted by Crippen LogP contribution is 2.51. The van der Waals surface area contributed by atoms with Gasteiger partial charge in [-0.15, -0.1) is 0 Å². The number of aliphatic carboxylic acids is 1. The molecule has 0 saturated heterocycles. The van der Waals surface area contributed by atoms with E-state index in [4.69, 9.17) is 0 Å². The van der Waals surface area contributed by atoms with Gasteiger partial charge in [-0.3, -0.25) is 4.79 Å². The predicted octanol–water partition coefficient (Wildman–Crippen LogP) is 4.24. The second-order valence-corrected chi connectivity index (χ2v) is 6.96. The van der Waals surface area contributed by atoms with Crippen molar-refractivity contribution < 1.29 is 9.90 Å². The highest BCUT2D eigenvalue weighted by atomic mass is 16.4. The molecule has 2 aliphatic rings. The smallest absolute Gasteiger partial charge is 0.309 e. The summed E-state index contributed by atoms with van der Waals surface area (Å²) in [6, 6.07) is 0. The van der Waals surface area contributed by atoms with Crippen LogP contribution in [0.5, 0.6) is 0 Å². The van der Waals surface area contributed by atoms with Crippen LogP contribution in [0.4, 0.5) is 0 Å². The highest BCUT2D eigenvalue weighted by molar-refractivity contribution is 5.75. The molecule has 0 aromatic heterocycles. The molecular formula is C15H26O2. The minimum absolute atomic E-state index is 0.366. The van der Waals surface area contributed by atoms with E-state index in [0.29, 0.717) is 11.3 Å². The summed E-state index contributed by atoms with van der Waals surface area (Å²) in [6.45, 7) is 4.63. The van der Waals surface area contributed by atoms with Crippen molar-refractivity contribution >= 4 is 5.97 Å². The first-order valence-corrected chi connectivity index (χ1v) is 7.20. The van der Waals surface area contributed by atoms with Gasteiger partial charge in [0.2, 0.25) is 0 Å². The number of carbonyl (C=O) groups is 1. The molecular weight excluding hydrogens is 212 g/mol. The molecule has 2 fully saturated rings. The highest BCUT2D eigenvalue weighted by Gasteiger charge is 2.47. The van der Waals surface area contributed by atoms with Gasteiger partial charge in [-0.1, -0.05) is 33.1 Å². The van der Waals surface area contributed by atoms with Crippen molar-refractivity contribution in [2.45, 2.75) is 71.6 Å². The number of hydrogen-bond donors (Lipinski definition) is 1. The minimum atomic E-state index is -0.512.